The minimum Gasteiger partial charge on any atom is -0.384 e. The van der Waals surface area contributed by atoms with Crippen molar-refractivity contribution in [1.82, 2.24) is 5.32 Å². The number of fused-ring (bicyclic) bond motifs is 1. The van der Waals surface area contributed by atoms with Crippen molar-refractivity contribution >= 4 is 0 Å². The Balaban J connectivity index is 1.90. The third-order valence-electron chi connectivity index (χ3n) is 5.56. The smallest absolute Gasteiger partial charge is 0.105 e. The van der Waals surface area contributed by atoms with E-state index in [1.165, 1.54) is 25.7 Å². The van der Waals surface area contributed by atoms with Crippen LogP contribution in [0, 0.1) is 11.8 Å². The van der Waals surface area contributed by atoms with E-state index in [1.54, 1.807) is 0 Å². The van der Waals surface area contributed by atoms with Gasteiger partial charge in [0.2, 0.25) is 0 Å². The number of rotatable bonds is 3. The summed E-state index contributed by atoms with van der Waals surface area (Å²) in [5, 5.41) is 15.2. The Bertz CT molecular complexity index is 458. The lowest BCUT2D eigenvalue weighted by atomic mass is 9.62. The predicted octanol–water partition coefficient (Wildman–Crippen LogP) is 3.84. The zero-order valence-electron chi connectivity index (χ0n) is 13.4. The monoisotopic (exact) mass is 287 g/mol. The summed E-state index contributed by atoms with van der Waals surface area (Å²) < 4.78 is 0. The molecule has 0 bridgehead atoms. The summed E-state index contributed by atoms with van der Waals surface area (Å²) in [6.45, 7) is 4.36. The molecule has 2 aliphatic rings. The molecule has 2 fully saturated rings. The van der Waals surface area contributed by atoms with Crippen LogP contribution in [-0.2, 0) is 5.60 Å². The molecule has 3 rings (SSSR count). The van der Waals surface area contributed by atoms with Gasteiger partial charge in [-0.1, -0.05) is 69.9 Å². The van der Waals surface area contributed by atoms with Crippen LogP contribution in [0.25, 0.3) is 0 Å². The lowest BCUT2D eigenvalue weighted by molar-refractivity contribution is -0.0798. The van der Waals surface area contributed by atoms with Crippen LogP contribution in [0.3, 0.4) is 0 Å². The second-order valence-corrected chi connectivity index (χ2v) is 7.41. The molecule has 2 N–H and O–H groups in total. The lowest BCUT2D eigenvalue weighted by Gasteiger charge is -2.50. The minimum atomic E-state index is -0.704. The molecule has 0 heterocycles. The highest BCUT2D eigenvalue weighted by atomic mass is 16.3. The summed E-state index contributed by atoms with van der Waals surface area (Å²) in [6.07, 6.45) is 7.41. The van der Waals surface area contributed by atoms with Gasteiger partial charge in [-0.05, 0) is 30.2 Å². The first kappa shape index (κ1) is 15.1. The van der Waals surface area contributed by atoms with Crippen LogP contribution in [0.4, 0.5) is 0 Å². The normalized spacial score (nSPS) is 36.5. The molecule has 1 aromatic carbocycles. The fraction of sp³-hybridized carbons (Fsp3) is 0.684. The fourth-order valence-corrected chi connectivity index (χ4v) is 4.56. The maximum atomic E-state index is 11.5. The van der Waals surface area contributed by atoms with Gasteiger partial charge >= 0.3 is 0 Å². The van der Waals surface area contributed by atoms with E-state index in [0.29, 0.717) is 12.0 Å². The zero-order valence-corrected chi connectivity index (χ0v) is 13.4. The van der Waals surface area contributed by atoms with Gasteiger partial charge in [0.1, 0.15) is 5.60 Å². The van der Waals surface area contributed by atoms with Crippen molar-refractivity contribution < 1.29 is 5.11 Å². The Kier molecular flexibility index (Phi) is 4.37. The molecule has 2 nitrogen and oxygen atoms in total. The Morgan fingerprint density at radius 3 is 2.43 bits per heavy atom. The first-order valence-corrected chi connectivity index (χ1v) is 8.63. The van der Waals surface area contributed by atoms with E-state index >= 15 is 0 Å². The maximum Gasteiger partial charge on any atom is 0.105 e. The van der Waals surface area contributed by atoms with Crippen LogP contribution < -0.4 is 5.32 Å². The summed E-state index contributed by atoms with van der Waals surface area (Å²) in [6, 6.07) is 10.9. The molecule has 2 aliphatic carbocycles. The van der Waals surface area contributed by atoms with Gasteiger partial charge in [0.05, 0.1) is 0 Å². The van der Waals surface area contributed by atoms with Crippen LogP contribution in [-0.4, -0.2) is 17.2 Å². The SMILES string of the molecule is CC(C)N[C@H]1C[C@@H]2CCCC[C@H]2C[C@@]1(O)c1ccccc1. The molecule has 0 aromatic heterocycles. The molecule has 4 atom stereocenters. The van der Waals surface area contributed by atoms with Gasteiger partial charge in [0.15, 0.2) is 0 Å². The van der Waals surface area contributed by atoms with Crippen LogP contribution in [0.2, 0.25) is 0 Å². The van der Waals surface area contributed by atoms with Crippen molar-refractivity contribution in [2.24, 2.45) is 11.8 Å². The lowest BCUT2D eigenvalue weighted by Crippen LogP contribution is -2.56. The summed E-state index contributed by atoms with van der Waals surface area (Å²) in [4.78, 5) is 0. The summed E-state index contributed by atoms with van der Waals surface area (Å²) in [7, 11) is 0. The van der Waals surface area contributed by atoms with Gasteiger partial charge in [0, 0.05) is 12.1 Å². The molecular weight excluding hydrogens is 258 g/mol. The van der Waals surface area contributed by atoms with Gasteiger partial charge in [-0.3, -0.25) is 0 Å². The maximum absolute atomic E-state index is 11.5. The Labute approximate surface area is 129 Å². The summed E-state index contributed by atoms with van der Waals surface area (Å²) >= 11 is 0. The topological polar surface area (TPSA) is 32.3 Å². The molecule has 0 aliphatic heterocycles. The molecule has 0 spiro atoms. The minimum absolute atomic E-state index is 0.180. The van der Waals surface area contributed by atoms with E-state index < -0.39 is 5.60 Å². The van der Waals surface area contributed by atoms with Crippen molar-refractivity contribution in [3.63, 3.8) is 0 Å². The Hall–Kier alpha value is -0.860. The molecule has 116 valence electrons. The number of benzene rings is 1. The first-order chi connectivity index (χ1) is 10.1. The van der Waals surface area contributed by atoms with Crippen molar-refractivity contribution in [2.45, 2.75) is 70.1 Å². The number of aliphatic hydroxyl groups is 1. The largest absolute Gasteiger partial charge is 0.384 e. The summed E-state index contributed by atoms with van der Waals surface area (Å²) in [5.41, 5.74) is 0.386. The van der Waals surface area contributed by atoms with E-state index in [2.05, 4.69) is 31.3 Å². The number of hydrogen-bond donors (Lipinski definition) is 2. The standard InChI is InChI=1S/C19H29NO/c1-14(2)20-18-12-15-8-6-7-9-16(15)13-19(18,21)17-10-4-3-5-11-17/h3-5,10-11,14-16,18,20-21H,6-9,12-13H2,1-2H3/t15-,16-,18-,19+/m0/s1. The van der Waals surface area contributed by atoms with Gasteiger partial charge in [-0.2, -0.15) is 0 Å². The quantitative estimate of drug-likeness (QED) is 0.885. The second-order valence-electron chi connectivity index (χ2n) is 7.41. The summed E-state index contributed by atoms with van der Waals surface area (Å²) in [5.74, 6) is 1.51. The highest BCUT2D eigenvalue weighted by Gasteiger charge is 2.47. The molecule has 21 heavy (non-hydrogen) atoms. The van der Waals surface area contributed by atoms with Crippen molar-refractivity contribution in [3.8, 4) is 0 Å². The van der Waals surface area contributed by atoms with Crippen molar-refractivity contribution in [1.29, 1.82) is 0 Å². The van der Waals surface area contributed by atoms with Gasteiger partial charge in [0.25, 0.3) is 0 Å². The number of nitrogens with one attached hydrogen (secondary N) is 1. The van der Waals surface area contributed by atoms with Crippen molar-refractivity contribution in [2.75, 3.05) is 0 Å². The molecular formula is C19H29NO. The first-order valence-electron chi connectivity index (χ1n) is 8.63. The Morgan fingerprint density at radius 1 is 1.10 bits per heavy atom. The second kappa shape index (κ2) is 6.10. The fourth-order valence-electron chi connectivity index (χ4n) is 4.56. The highest BCUT2D eigenvalue weighted by Crippen LogP contribution is 2.48. The third-order valence-corrected chi connectivity index (χ3v) is 5.56. The highest BCUT2D eigenvalue weighted by molar-refractivity contribution is 5.26. The van der Waals surface area contributed by atoms with Crippen LogP contribution >= 0.6 is 0 Å². The van der Waals surface area contributed by atoms with E-state index in [4.69, 9.17) is 0 Å². The van der Waals surface area contributed by atoms with Crippen molar-refractivity contribution in [3.05, 3.63) is 35.9 Å². The molecule has 0 saturated heterocycles. The zero-order chi connectivity index (χ0) is 14.9. The van der Waals surface area contributed by atoms with Crippen LogP contribution in [0.5, 0.6) is 0 Å². The van der Waals surface area contributed by atoms with E-state index in [0.717, 1.165) is 24.3 Å². The van der Waals surface area contributed by atoms with Crippen LogP contribution in [0.15, 0.2) is 30.3 Å². The Morgan fingerprint density at radius 2 is 1.76 bits per heavy atom. The van der Waals surface area contributed by atoms with Gasteiger partial charge < -0.3 is 10.4 Å². The molecule has 1 aromatic rings. The molecule has 2 heteroatoms. The van der Waals surface area contributed by atoms with E-state index in [9.17, 15) is 5.11 Å². The van der Waals surface area contributed by atoms with E-state index in [1.807, 2.05) is 18.2 Å². The van der Waals surface area contributed by atoms with Gasteiger partial charge in [-0.25, -0.2) is 0 Å². The molecule has 2 saturated carbocycles. The number of hydrogen-bond acceptors (Lipinski definition) is 2. The molecule has 0 radical (unpaired) electrons. The molecule has 0 unspecified atom stereocenters. The predicted molar refractivity (Wildman–Crippen MR) is 87.1 cm³/mol. The van der Waals surface area contributed by atoms with Crippen LogP contribution in [0.1, 0.15) is 57.9 Å². The van der Waals surface area contributed by atoms with Gasteiger partial charge in [-0.15, -0.1) is 0 Å². The molecule has 0 amide bonds. The average Bonchev–Trinajstić information content (AvgIpc) is 2.48. The third kappa shape index (κ3) is 3.02. The van der Waals surface area contributed by atoms with E-state index in [-0.39, 0.29) is 6.04 Å². The average molecular weight is 287 g/mol.